The minimum absolute atomic E-state index is 0.0759. The smallest absolute Gasteiger partial charge is 0.260 e. The molecule has 5 heteroatoms. The highest BCUT2D eigenvalue weighted by Gasteiger charge is 2.23. The van der Waals surface area contributed by atoms with Crippen LogP contribution >= 0.6 is 11.3 Å². The van der Waals surface area contributed by atoms with Gasteiger partial charge < -0.3 is 4.74 Å². The second kappa shape index (κ2) is 11.3. The van der Waals surface area contributed by atoms with Gasteiger partial charge in [0.05, 0.1) is 23.4 Å². The number of benzene rings is 3. The molecule has 0 radical (unpaired) electrons. The summed E-state index contributed by atoms with van der Waals surface area (Å²) in [6.45, 7) is 7.64. The zero-order chi connectivity index (χ0) is 23.9. The monoisotopic (exact) mass is 472 g/mol. The molecular formula is C29H32N2O2S. The van der Waals surface area contributed by atoms with Crippen molar-refractivity contribution in [2.24, 2.45) is 0 Å². The number of para-hydroxylation sites is 1. The highest BCUT2D eigenvalue weighted by atomic mass is 32.1. The van der Waals surface area contributed by atoms with Crippen molar-refractivity contribution in [1.82, 2.24) is 4.98 Å². The Balaban J connectivity index is 1.68. The number of amides is 1. The van der Waals surface area contributed by atoms with Gasteiger partial charge >= 0.3 is 0 Å². The molecule has 0 N–H and O–H groups in total. The zero-order valence-corrected chi connectivity index (χ0v) is 21.0. The van der Waals surface area contributed by atoms with E-state index >= 15 is 0 Å². The number of carbonyl (C=O) groups excluding carboxylic acids is 1. The summed E-state index contributed by atoms with van der Waals surface area (Å²) in [5, 5.41) is 0.714. The summed E-state index contributed by atoms with van der Waals surface area (Å²) in [6.07, 6.45) is 3.30. The van der Waals surface area contributed by atoms with Crippen LogP contribution in [0.15, 0.2) is 72.8 Å². The number of carbonyl (C=O) groups is 1. The van der Waals surface area contributed by atoms with Gasteiger partial charge in [-0.15, -0.1) is 0 Å². The molecule has 1 aromatic heterocycles. The molecule has 0 bridgehead atoms. The Hall–Kier alpha value is -3.18. The van der Waals surface area contributed by atoms with Crippen LogP contribution in [0.2, 0.25) is 0 Å². The van der Waals surface area contributed by atoms with Crippen molar-refractivity contribution < 1.29 is 9.53 Å². The van der Waals surface area contributed by atoms with E-state index in [9.17, 15) is 4.79 Å². The standard InChI is InChI=1S/C29H32N2O2S/c1-4-5-9-18-33-24-15-10-14-23(19-24)28(32)31(20-22-12-7-6-8-13-22)29-30-27-25(21(2)3)16-11-17-26(27)34-29/h6-8,10-17,19,21H,4-5,9,18,20H2,1-3H3. The molecule has 4 aromatic rings. The Morgan fingerprint density at radius 3 is 2.56 bits per heavy atom. The summed E-state index contributed by atoms with van der Waals surface area (Å²) in [7, 11) is 0. The molecule has 0 fully saturated rings. The molecule has 1 heterocycles. The Labute approximate surface area is 206 Å². The van der Waals surface area contributed by atoms with Gasteiger partial charge in [0.25, 0.3) is 5.91 Å². The molecule has 34 heavy (non-hydrogen) atoms. The van der Waals surface area contributed by atoms with Crippen molar-refractivity contribution in [1.29, 1.82) is 0 Å². The molecule has 4 rings (SSSR count). The lowest BCUT2D eigenvalue weighted by atomic mass is 10.0. The highest BCUT2D eigenvalue weighted by Crippen LogP contribution is 2.35. The zero-order valence-electron chi connectivity index (χ0n) is 20.2. The molecule has 1 amide bonds. The second-order valence-electron chi connectivity index (χ2n) is 8.81. The predicted molar refractivity (Wildman–Crippen MR) is 142 cm³/mol. The number of hydrogen-bond acceptors (Lipinski definition) is 4. The van der Waals surface area contributed by atoms with Gasteiger partial charge in [0.2, 0.25) is 0 Å². The number of fused-ring (bicyclic) bond motifs is 1. The first-order valence-corrected chi connectivity index (χ1v) is 12.9. The van der Waals surface area contributed by atoms with E-state index in [0.717, 1.165) is 40.8 Å². The van der Waals surface area contributed by atoms with Crippen LogP contribution in [0.3, 0.4) is 0 Å². The minimum atomic E-state index is -0.0759. The van der Waals surface area contributed by atoms with E-state index in [1.54, 1.807) is 16.2 Å². The van der Waals surface area contributed by atoms with E-state index in [1.807, 2.05) is 54.6 Å². The number of hydrogen-bond donors (Lipinski definition) is 0. The number of rotatable bonds is 10. The average Bonchev–Trinajstić information content (AvgIpc) is 3.29. The first-order valence-electron chi connectivity index (χ1n) is 12.0. The van der Waals surface area contributed by atoms with E-state index in [-0.39, 0.29) is 5.91 Å². The Kier molecular flexibility index (Phi) is 7.96. The normalized spacial score (nSPS) is 11.2. The van der Waals surface area contributed by atoms with Crippen molar-refractivity contribution in [3.8, 4) is 5.75 Å². The van der Waals surface area contributed by atoms with E-state index in [2.05, 4.69) is 39.0 Å². The Morgan fingerprint density at radius 2 is 1.79 bits per heavy atom. The second-order valence-corrected chi connectivity index (χ2v) is 9.81. The van der Waals surface area contributed by atoms with Crippen LogP contribution in [0.25, 0.3) is 10.2 Å². The maximum atomic E-state index is 13.8. The van der Waals surface area contributed by atoms with Gasteiger partial charge in [-0.05, 0) is 47.7 Å². The summed E-state index contributed by atoms with van der Waals surface area (Å²) >= 11 is 1.57. The van der Waals surface area contributed by atoms with Crippen LogP contribution in [0, 0.1) is 0 Å². The van der Waals surface area contributed by atoms with Crippen molar-refractivity contribution in [3.05, 3.63) is 89.5 Å². The van der Waals surface area contributed by atoms with E-state index in [0.29, 0.717) is 29.8 Å². The van der Waals surface area contributed by atoms with E-state index < -0.39 is 0 Å². The van der Waals surface area contributed by atoms with Gasteiger partial charge in [0.1, 0.15) is 5.75 Å². The third kappa shape index (κ3) is 5.65. The van der Waals surface area contributed by atoms with Crippen molar-refractivity contribution >= 4 is 32.6 Å². The topological polar surface area (TPSA) is 42.4 Å². The van der Waals surface area contributed by atoms with Crippen LogP contribution < -0.4 is 9.64 Å². The van der Waals surface area contributed by atoms with Crippen LogP contribution in [0.1, 0.15) is 67.4 Å². The molecule has 0 saturated heterocycles. The quantitative estimate of drug-likeness (QED) is 0.221. The third-order valence-corrected chi connectivity index (χ3v) is 6.86. The number of thiazole rings is 1. The summed E-state index contributed by atoms with van der Waals surface area (Å²) < 4.78 is 7.01. The Bertz CT molecular complexity index is 1230. The number of nitrogens with zero attached hydrogens (tertiary/aromatic N) is 2. The molecule has 0 spiro atoms. The van der Waals surface area contributed by atoms with Gasteiger partial charge in [-0.2, -0.15) is 0 Å². The highest BCUT2D eigenvalue weighted by molar-refractivity contribution is 7.22. The summed E-state index contributed by atoms with van der Waals surface area (Å²) in [6, 6.07) is 23.8. The SMILES string of the molecule is CCCCCOc1cccc(C(=O)N(Cc2ccccc2)c2nc3c(C(C)C)cccc3s2)c1. The molecule has 0 aliphatic heterocycles. The van der Waals surface area contributed by atoms with Gasteiger partial charge in [-0.3, -0.25) is 9.69 Å². The fourth-order valence-corrected chi connectivity index (χ4v) is 4.95. The third-order valence-electron chi connectivity index (χ3n) is 5.82. The Morgan fingerprint density at radius 1 is 1.00 bits per heavy atom. The van der Waals surface area contributed by atoms with E-state index in [1.165, 1.54) is 5.56 Å². The molecule has 4 nitrogen and oxygen atoms in total. The van der Waals surface area contributed by atoms with Crippen molar-refractivity contribution in [2.45, 2.75) is 52.5 Å². The predicted octanol–water partition coefficient (Wildman–Crippen LogP) is 7.84. The van der Waals surface area contributed by atoms with E-state index in [4.69, 9.17) is 9.72 Å². The van der Waals surface area contributed by atoms with Crippen LogP contribution in [0.4, 0.5) is 5.13 Å². The molecule has 0 atom stereocenters. The first-order chi connectivity index (χ1) is 16.6. The number of anilines is 1. The molecular weight excluding hydrogens is 440 g/mol. The average molecular weight is 473 g/mol. The van der Waals surface area contributed by atoms with Gasteiger partial charge in [-0.1, -0.05) is 93.5 Å². The largest absolute Gasteiger partial charge is 0.494 e. The molecule has 0 unspecified atom stereocenters. The molecule has 0 aliphatic rings. The lowest BCUT2D eigenvalue weighted by Crippen LogP contribution is -2.30. The fraction of sp³-hybridized carbons (Fsp3) is 0.310. The summed E-state index contributed by atoms with van der Waals surface area (Å²) in [4.78, 5) is 20.6. The van der Waals surface area contributed by atoms with Gasteiger partial charge in [0, 0.05) is 5.56 Å². The van der Waals surface area contributed by atoms with Crippen LogP contribution in [0.5, 0.6) is 5.75 Å². The molecule has 0 saturated carbocycles. The minimum Gasteiger partial charge on any atom is -0.494 e. The lowest BCUT2D eigenvalue weighted by Gasteiger charge is -2.20. The molecule has 176 valence electrons. The number of unbranched alkanes of at least 4 members (excludes halogenated alkanes) is 2. The summed E-state index contributed by atoms with van der Waals surface area (Å²) in [5.41, 5.74) is 3.85. The van der Waals surface area contributed by atoms with Crippen molar-refractivity contribution in [3.63, 3.8) is 0 Å². The molecule has 3 aromatic carbocycles. The van der Waals surface area contributed by atoms with Crippen molar-refractivity contribution in [2.75, 3.05) is 11.5 Å². The lowest BCUT2D eigenvalue weighted by molar-refractivity contribution is 0.0984. The van der Waals surface area contributed by atoms with Crippen LogP contribution in [-0.4, -0.2) is 17.5 Å². The maximum Gasteiger partial charge on any atom is 0.260 e. The van der Waals surface area contributed by atoms with Gasteiger partial charge in [0.15, 0.2) is 5.13 Å². The van der Waals surface area contributed by atoms with Crippen LogP contribution in [-0.2, 0) is 6.54 Å². The summed E-state index contributed by atoms with van der Waals surface area (Å²) in [5.74, 6) is 1.01. The fourth-order valence-electron chi connectivity index (χ4n) is 3.95. The number of ether oxygens (including phenoxy) is 1. The molecule has 0 aliphatic carbocycles. The number of aromatic nitrogens is 1. The maximum absolute atomic E-state index is 13.8. The van der Waals surface area contributed by atoms with Gasteiger partial charge in [-0.25, -0.2) is 4.98 Å². The first kappa shape index (κ1) is 24.0.